The van der Waals surface area contributed by atoms with Gasteiger partial charge in [0.1, 0.15) is 18.1 Å². The molecule has 0 fully saturated rings. The highest BCUT2D eigenvalue weighted by Crippen LogP contribution is 2.23. The van der Waals surface area contributed by atoms with Gasteiger partial charge < -0.3 is 4.74 Å². The Bertz CT molecular complexity index is 1300. The first-order chi connectivity index (χ1) is 16.1. The summed E-state index contributed by atoms with van der Waals surface area (Å²) in [6.07, 6.45) is 1.33. The number of nitro groups is 1. The highest BCUT2D eigenvalue weighted by atomic mass is 16.6. The molecule has 4 aromatic rings. The van der Waals surface area contributed by atoms with Crippen molar-refractivity contribution in [2.75, 3.05) is 0 Å². The number of aromatic amines is 1. The van der Waals surface area contributed by atoms with Gasteiger partial charge in [0.2, 0.25) is 0 Å². The van der Waals surface area contributed by atoms with Gasteiger partial charge in [0.05, 0.1) is 16.8 Å². The number of benzene rings is 3. The molecular weight excluding hydrogens is 422 g/mol. The Morgan fingerprint density at radius 1 is 1.06 bits per heavy atom. The van der Waals surface area contributed by atoms with E-state index in [1.165, 1.54) is 18.3 Å². The maximum absolute atomic E-state index is 12.4. The summed E-state index contributed by atoms with van der Waals surface area (Å²) in [5.74, 6) is 0.193. The fraction of sp³-hybridized carbons (Fsp3) is 0.0417. The molecule has 1 amide bonds. The Morgan fingerprint density at radius 2 is 1.88 bits per heavy atom. The number of non-ortho nitro benzene ring substituents is 1. The van der Waals surface area contributed by atoms with Crippen molar-refractivity contribution in [2.24, 2.45) is 5.10 Å². The van der Waals surface area contributed by atoms with E-state index in [0.717, 1.165) is 11.1 Å². The van der Waals surface area contributed by atoms with Gasteiger partial charge in [0.15, 0.2) is 0 Å². The van der Waals surface area contributed by atoms with E-state index in [-0.39, 0.29) is 11.4 Å². The molecular formula is C24H19N5O4. The average Bonchev–Trinajstić information content (AvgIpc) is 3.34. The standard InChI is InChI=1S/C24H19N5O4/c30-24(28-25-15-18-8-4-10-20(12-18)29(31)32)23-14-22(26-27-23)19-9-5-11-21(13-19)33-16-17-6-2-1-3-7-17/h1-15H,16H2,(H,26,27)(H,28,30). The van der Waals surface area contributed by atoms with Crippen molar-refractivity contribution < 1.29 is 14.5 Å². The van der Waals surface area contributed by atoms with Crippen molar-refractivity contribution in [2.45, 2.75) is 6.61 Å². The number of rotatable bonds is 8. The van der Waals surface area contributed by atoms with Gasteiger partial charge in [0.25, 0.3) is 11.6 Å². The van der Waals surface area contributed by atoms with Crippen LogP contribution in [0.1, 0.15) is 21.6 Å². The molecule has 9 heteroatoms. The normalized spacial score (nSPS) is 10.8. The fourth-order valence-corrected chi connectivity index (χ4v) is 3.02. The molecule has 4 rings (SSSR count). The van der Waals surface area contributed by atoms with Crippen molar-refractivity contribution in [3.8, 4) is 17.0 Å². The summed E-state index contributed by atoms with van der Waals surface area (Å²) in [6.45, 7) is 0.446. The van der Waals surface area contributed by atoms with Crippen LogP contribution in [0.2, 0.25) is 0 Å². The molecule has 1 aromatic heterocycles. The molecule has 2 N–H and O–H groups in total. The predicted octanol–water partition coefficient (Wildman–Crippen LogP) is 4.33. The minimum absolute atomic E-state index is 0.0570. The van der Waals surface area contributed by atoms with Gasteiger partial charge in [-0.2, -0.15) is 10.2 Å². The summed E-state index contributed by atoms with van der Waals surface area (Å²) in [5, 5.41) is 21.6. The van der Waals surface area contributed by atoms with Crippen LogP contribution in [0.4, 0.5) is 5.69 Å². The summed E-state index contributed by atoms with van der Waals surface area (Å²) in [6, 6.07) is 24.8. The molecule has 1 heterocycles. The largest absolute Gasteiger partial charge is 0.489 e. The van der Waals surface area contributed by atoms with Gasteiger partial charge in [-0.25, -0.2) is 5.43 Å². The zero-order chi connectivity index (χ0) is 23.0. The lowest BCUT2D eigenvalue weighted by atomic mass is 10.1. The highest BCUT2D eigenvalue weighted by molar-refractivity contribution is 5.94. The first-order valence-corrected chi connectivity index (χ1v) is 9.99. The maximum Gasteiger partial charge on any atom is 0.289 e. The molecule has 3 aromatic carbocycles. The lowest BCUT2D eigenvalue weighted by Crippen LogP contribution is -2.18. The van der Waals surface area contributed by atoms with Crippen molar-refractivity contribution in [3.05, 3.63) is 112 Å². The molecule has 0 spiro atoms. The number of H-pyrrole nitrogens is 1. The molecule has 0 unspecified atom stereocenters. The Kier molecular flexibility index (Phi) is 6.51. The Balaban J connectivity index is 1.38. The zero-order valence-electron chi connectivity index (χ0n) is 17.3. The van der Waals surface area contributed by atoms with E-state index >= 15 is 0 Å². The molecule has 33 heavy (non-hydrogen) atoms. The summed E-state index contributed by atoms with van der Waals surface area (Å²) in [4.78, 5) is 22.7. The minimum Gasteiger partial charge on any atom is -0.489 e. The first kappa shape index (κ1) is 21.4. The maximum atomic E-state index is 12.4. The monoisotopic (exact) mass is 441 g/mol. The summed E-state index contributed by atoms with van der Waals surface area (Å²) in [7, 11) is 0. The number of nitrogens with one attached hydrogen (secondary N) is 2. The predicted molar refractivity (Wildman–Crippen MR) is 123 cm³/mol. The van der Waals surface area contributed by atoms with Gasteiger partial charge in [-0.15, -0.1) is 0 Å². The van der Waals surface area contributed by atoms with Crippen LogP contribution in [0, 0.1) is 10.1 Å². The van der Waals surface area contributed by atoms with E-state index in [1.807, 2.05) is 54.6 Å². The molecule has 0 bridgehead atoms. The van der Waals surface area contributed by atoms with E-state index in [9.17, 15) is 14.9 Å². The van der Waals surface area contributed by atoms with Crippen LogP contribution in [0.3, 0.4) is 0 Å². The van der Waals surface area contributed by atoms with E-state index in [2.05, 4.69) is 20.7 Å². The second kappa shape index (κ2) is 10.0. The number of nitrogens with zero attached hydrogens (tertiary/aromatic N) is 3. The smallest absolute Gasteiger partial charge is 0.289 e. The zero-order valence-corrected chi connectivity index (χ0v) is 17.3. The van der Waals surface area contributed by atoms with Crippen molar-refractivity contribution in [1.29, 1.82) is 0 Å². The third-order valence-electron chi connectivity index (χ3n) is 4.66. The van der Waals surface area contributed by atoms with Gasteiger partial charge >= 0.3 is 0 Å². The first-order valence-electron chi connectivity index (χ1n) is 9.99. The Morgan fingerprint density at radius 3 is 2.70 bits per heavy atom. The molecule has 0 saturated carbocycles. The van der Waals surface area contributed by atoms with E-state index in [4.69, 9.17) is 4.74 Å². The number of amides is 1. The number of hydrazone groups is 1. The van der Waals surface area contributed by atoms with E-state index < -0.39 is 10.8 Å². The molecule has 0 aliphatic heterocycles. The number of hydrogen-bond donors (Lipinski definition) is 2. The van der Waals surface area contributed by atoms with Gasteiger partial charge in [-0.1, -0.05) is 54.6 Å². The van der Waals surface area contributed by atoms with Crippen LogP contribution in [-0.4, -0.2) is 27.2 Å². The van der Waals surface area contributed by atoms with Crippen LogP contribution in [-0.2, 0) is 6.61 Å². The number of carbonyl (C=O) groups excluding carboxylic acids is 1. The molecule has 164 valence electrons. The molecule has 0 aliphatic carbocycles. The molecule has 0 radical (unpaired) electrons. The van der Waals surface area contributed by atoms with Crippen LogP contribution >= 0.6 is 0 Å². The number of ether oxygens (including phenoxy) is 1. The lowest BCUT2D eigenvalue weighted by molar-refractivity contribution is -0.384. The second-order valence-electron chi connectivity index (χ2n) is 7.02. The van der Waals surface area contributed by atoms with Gasteiger partial charge in [-0.3, -0.25) is 20.0 Å². The van der Waals surface area contributed by atoms with Crippen molar-refractivity contribution >= 4 is 17.8 Å². The average molecular weight is 441 g/mol. The molecule has 9 nitrogen and oxygen atoms in total. The minimum atomic E-state index is -0.496. The number of hydrogen-bond acceptors (Lipinski definition) is 6. The number of carbonyl (C=O) groups is 1. The lowest BCUT2D eigenvalue weighted by Gasteiger charge is -2.07. The second-order valence-corrected chi connectivity index (χ2v) is 7.02. The van der Waals surface area contributed by atoms with Crippen LogP contribution in [0.15, 0.2) is 90.0 Å². The van der Waals surface area contributed by atoms with E-state index in [1.54, 1.807) is 18.2 Å². The van der Waals surface area contributed by atoms with Crippen molar-refractivity contribution in [3.63, 3.8) is 0 Å². The summed E-state index contributed by atoms with van der Waals surface area (Å²) >= 11 is 0. The third kappa shape index (κ3) is 5.67. The van der Waals surface area contributed by atoms with Crippen LogP contribution in [0.5, 0.6) is 5.75 Å². The quantitative estimate of drug-likeness (QED) is 0.239. The Hall–Kier alpha value is -4.79. The third-order valence-corrected chi connectivity index (χ3v) is 4.66. The number of nitro benzene ring substituents is 1. The van der Waals surface area contributed by atoms with Crippen molar-refractivity contribution in [1.82, 2.24) is 15.6 Å². The molecule has 0 aliphatic rings. The Labute approximate surface area is 188 Å². The van der Waals surface area contributed by atoms with E-state index in [0.29, 0.717) is 23.6 Å². The summed E-state index contributed by atoms with van der Waals surface area (Å²) in [5.41, 5.74) is 5.45. The van der Waals surface area contributed by atoms with Crippen LogP contribution < -0.4 is 10.2 Å². The van der Waals surface area contributed by atoms with Gasteiger partial charge in [-0.05, 0) is 23.8 Å². The SMILES string of the molecule is O=C(NN=Cc1cccc([N+](=O)[O-])c1)c1cc(-c2cccc(OCc3ccccc3)c2)n[nH]1. The highest BCUT2D eigenvalue weighted by Gasteiger charge is 2.11. The topological polar surface area (TPSA) is 123 Å². The van der Waals surface area contributed by atoms with Gasteiger partial charge in [0, 0.05) is 23.3 Å². The summed E-state index contributed by atoms with van der Waals surface area (Å²) < 4.78 is 5.85. The number of aromatic nitrogens is 2. The van der Waals surface area contributed by atoms with Crippen LogP contribution in [0.25, 0.3) is 11.3 Å². The molecule has 0 saturated heterocycles. The molecule has 0 atom stereocenters. The fourth-order valence-electron chi connectivity index (χ4n) is 3.02.